The third-order valence-electron chi connectivity index (χ3n) is 1.31. The molecule has 0 saturated carbocycles. The van der Waals surface area contributed by atoms with Gasteiger partial charge in [0.15, 0.2) is 0 Å². The standard InChI is InChI=1S/C8H16ClN/c1-6(2)10-7(3)8(4,5)9/h6H,1-5H3. The van der Waals surface area contributed by atoms with Gasteiger partial charge >= 0.3 is 0 Å². The minimum absolute atomic E-state index is 0.287. The molecule has 2 heteroatoms. The van der Waals surface area contributed by atoms with E-state index in [9.17, 15) is 0 Å². The Labute approximate surface area is 68.5 Å². The van der Waals surface area contributed by atoms with Crippen LogP contribution in [0.25, 0.3) is 0 Å². The maximum Gasteiger partial charge on any atom is 0.0763 e. The number of hydrogen-bond acceptors (Lipinski definition) is 1. The number of rotatable bonds is 2. The van der Waals surface area contributed by atoms with Gasteiger partial charge < -0.3 is 0 Å². The highest BCUT2D eigenvalue weighted by Gasteiger charge is 2.16. The minimum atomic E-state index is -0.287. The Morgan fingerprint density at radius 2 is 1.80 bits per heavy atom. The fourth-order valence-electron chi connectivity index (χ4n) is 0.541. The lowest BCUT2D eigenvalue weighted by molar-refractivity contribution is 0.808. The smallest absolute Gasteiger partial charge is 0.0763 e. The van der Waals surface area contributed by atoms with Crippen molar-refractivity contribution in [2.75, 3.05) is 0 Å². The first-order valence-corrected chi connectivity index (χ1v) is 3.95. The fraction of sp³-hybridized carbons (Fsp3) is 0.875. The van der Waals surface area contributed by atoms with Crippen LogP contribution in [0, 0.1) is 0 Å². The van der Waals surface area contributed by atoms with Crippen LogP contribution in [0.5, 0.6) is 0 Å². The summed E-state index contributed by atoms with van der Waals surface area (Å²) in [4.78, 5) is 4.05. The first-order chi connectivity index (χ1) is 4.34. The van der Waals surface area contributed by atoms with E-state index in [-0.39, 0.29) is 4.87 Å². The maximum atomic E-state index is 6.00. The molecule has 0 aliphatic carbocycles. The number of halogens is 1. The third-order valence-corrected chi connectivity index (χ3v) is 1.59. The summed E-state index contributed by atoms with van der Waals surface area (Å²) in [6, 6.07) is 0.345. The molecule has 1 nitrogen and oxygen atoms in total. The van der Waals surface area contributed by atoms with Gasteiger partial charge in [0.05, 0.1) is 4.87 Å². The van der Waals surface area contributed by atoms with Crippen LogP contribution < -0.4 is 0 Å². The molecule has 0 fully saturated rings. The van der Waals surface area contributed by atoms with Gasteiger partial charge in [0.1, 0.15) is 0 Å². The summed E-state index contributed by atoms with van der Waals surface area (Å²) in [5.41, 5.74) is 1.00. The van der Waals surface area contributed by atoms with Gasteiger partial charge in [-0.05, 0) is 34.6 Å². The molecule has 0 radical (unpaired) electrons. The van der Waals surface area contributed by atoms with Crippen molar-refractivity contribution in [1.29, 1.82) is 0 Å². The monoisotopic (exact) mass is 161 g/mol. The van der Waals surface area contributed by atoms with Crippen LogP contribution in [0.4, 0.5) is 0 Å². The van der Waals surface area contributed by atoms with Gasteiger partial charge in [-0.15, -0.1) is 11.6 Å². The molecule has 0 aromatic rings. The first kappa shape index (κ1) is 9.96. The Bertz CT molecular complexity index is 131. The van der Waals surface area contributed by atoms with Crippen LogP contribution in [-0.2, 0) is 0 Å². The van der Waals surface area contributed by atoms with Crippen molar-refractivity contribution in [3.05, 3.63) is 0 Å². The number of nitrogens with zero attached hydrogens (tertiary/aromatic N) is 1. The summed E-state index contributed by atoms with van der Waals surface area (Å²) in [5.74, 6) is 0. The van der Waals surface area contributed by atoms with E-state index in [1.54, 1.807) is 0 Å². The molecule has 60 valence electrons. The summed E-state index contributed by atoms with van der Waals surface area (Å²) >= 11 is 6.00. The van der Waals surface area contributed by atoms with Crippen molar-refractivity contribution >= 4 is 17.3 Å². The predicted molar refractivity (Wildman–Crippen MR) is 48.2 cm³/mol. The van der Waals surface area contributed by atoms with Crippen LogP contribution in [-0.4, -0.2) is 16.6 Å². The molecule has 0 aliphatic rings. The molecular weight excluding hydrogens is 146 g/mol. The van der Waals surface area contributed by atoms with Crippen molar-refractivity contribution in [2.24, 2.45) is 4.99 Å². The molecular formula is C8H16ClN. The van der Waals surface area contributed by atoms with Gasteiger partial charge in [-0.1, -0.05) is 0 Å². The Balaban J connectivity index is 4.20. The highest BCUT2D eigenvalue weighted by atomic mass is 35.5. The molecule has 0 rings (SSSR count). The molecule has 0 atom stereocenters. The number of hydrogen-bond donors (Lipinski definition) is 0. The Morgan fingerprint density at radius 3 is 1.90 bits per heavy atom. The molecule has 0 amide bonds. The Kier molecular flexibility index (Phi) is 3.37. The quantitative estimate of drug-likeness (QED) is 0.436. The van der Waals surface area contributed by atoms with E-state index >= 15 is 0 Å². The molecule has 0 bridgehead atoms. The molecule has 0 aromatic carbocycles. The van der Waals surface area contributed by atoms with E-state index in [0.717, 1.165) is 5.71 Å². The second-order valence-corrected chi connectivity index (χ2v) is 4.23. The molecule has 0 aromatic heterocycles. The van der Waals surface area contributed by atoms with Crippen molar-refractivity contribution < 1.29 is 0 Å². The lowest BCUT2D eigenvalue weighted by atomic mass is 10.1. The first-order valence-electron chi connectivity index (χ1n) is 3.58. The summed E-state index contributed by atoms with van der Waals surface area (Å²) in [6.45, 7) is 9.97. The molecule has 0 unspecified atom stereocenters. The van der Waals surface area contributed by atoms with Gasteiger partial charge in [0, 0.05) is 11.8 Å². The lowest BCUT2D eigenvalue weighted by Crippen LogP contribution is -2.22. The average molecular weight is 162 g/mol. The molecule has 10 heavy (non-hydrogen) atoms. The van der Waals surface area contributed by atoms with Crippen molar-refractivity contribution in [1.82, 2.24) is 0 Å². The zero-order chi connectivity index (χ0) is 8.36. The van der Waals surface area contributed by atoms with Gasteiger partial charge in [-0.25, -0.2) is 0 Å². The zero-order valence-corrected chi connectivity index (χ0v) is 8.16. The second-order valence-electron chi connectivity index (χ2n) is 3.28. The van der Waals surface area contributed by atoms with Gasteiger partial charge in [0.2, 0.25) is 0 Å². The van der Waals surface area contributed by atoms with Gasteiger partial charge in [-0.3, -0.25) is 4.99 Å². The topological polar surface area (TPSA) is 12.4 Å². The fourth-order valence-corrected chi connectivity index (χ4v) is 0.590. The highest BCUT2D eigenvalue weighted by Crippen LogP contribution is 2.15. The molecule has 0 saturated heterocycles. The van der Waals surface area contributed by atoms with Crippen LogP contribution >= 0.6 is 11.6 Å². The lowest BCUT2D eigenvalue weighted by Gasteiger charge is -2.16. The van der Waals surface area contributed by atoms with Crippen molar-refractivity contribution in [2.45, 2.75) is 45.5 Å². The van der Waals surface area contributed by atoms with Crippen molar-refractivity contribution in [3.63, 3.8) is 0 Å². The van der Waals surface area contributed by atoms with Crippen LogP contribution in [0.1, 0.15) is 34.6 Å². The SMILES string of the molecule is CC(=NC(C)C)C(C)(C)Cl. The van der Waals surface area contributed by atoms with Crippen LogP contribution in [0.2, 0.25) is 0 Å². The van der Waals surface area contributed by atoms with Crippen LogP contribution in [0.15, 0.2) is 4.99 Å². The average Bonchev–Trinajstić information content (AvgIpc) is 1.60. The zero-order valence-electron chi connectivity index (χ0n) is 7.40. The largest absolute Gasteiger partial charge is 0.290 e. The second kappa shape index (κ2) is 3.38. The Hall–Kier alpha value is -0.0400. The predicted octanol–water partition coefficient (Wildman–Crippen LogP) is 2.87. The summed E-state index contributed by atoms with van der Waals surface area (Å²) in [7, 11) is 0. The van der Waals surface area contributed by atoms with Gasteiger partial charge in [-0.2, -0.15) is 0 Å². The minimum Gasteiger partial charge on any atom is -0.290 e. The van der Waals surface area contributed by atoms with E-state index in [0.29, 0.717) is 6.04 Å². The molecule has 0 heterocycles. The molecule has 0 spiro atoms. The van der Waals surface area contributed by atoms with Gasteiger partial charge in [0.25, 0.3) is 0 Å². The van der Waals surface area contributed by atoms with E-state index in [4.69, 9.17) is 11.6 Å². The molecule has 0 aliphatic heterocycles. The number of alkyl halides is 1. The van der Waals surface area contributed by atoms with E-state index in [1.165, 1.54) is 0 Å². The van der Waals surface area contributed by atoms with Crippen molar-refractivity contribution in [3.8, 4) is 0 Å². The number of aliphatic imine (C=N–C) groups is 1. The van der Waals surface area contributed by atoms with Crippen LogP contribution in [0.3, 0.4) is 0 Å². The maximum absolute atomic E-state index is 6.00. The van der Waals surface area contributed by atoms with E-state index in [1.807, 2.05) is 34.6 Å². The summed E-state index contributed by atoms with van der Waals surface area (Å²) < 4.78 is 0. The van der Waals surface area contributed by atoms with E-state index in [2.05, 4.69) is 4.99 Å². The summed E-state index contributed by atoms with van der Waals surface area (Å²) in [5, 5.41) is 0. The summed E-state index contributed by atoms with van der Waals surface area (Å²) in [6.07, 6.45) is 0. The third kappa shape index (κ3) is 3.89. The Morgan fingerprint density at radius 1 is 1.40 bits per heavy atom. The normalized spacial score (nSPS) is 14.5. The van der Waals surface area contributed by atoms with E-state index < -0.39 is 0 Å². The highest BCUT2D eigenvalue weighted by molar-refractivity contribution is 6.35. The molecule has 0 N–H and O–H groups in total.